The van der Waals surface area contributed by atoms with Gasteiger partial charge in [0.1, 0.15) is 5.65 Å². The third-order valence-corrected chi connectivity index (χ3v) is 5.36. The Labute approximate surface area is 158 Å². The average Bonchev–Trinajstić information content (AvgIpc) is 3.03. The summed E-state index contributed by atoms with van der Waals surface area (Å²) in [6, 6.07) is 11.8. The van der Waals surface area contributed by atoms with Gasteiger partial charge in [-0.05, 0) is 36.8 Å². The maximum absolute atomic E-state index is 12.1. The lowest BCUT2D eigenvalue weighted by Crippen LogP contribution is -2.38. The Morgan fingerprint density at radius 2 is 1.93 bits per heavy atom. The highest BCUT2D eigenvalue weighted by Crippen LogP contribution is 2.16. The van der Waals surface area contributed by atoms with Gasteiger partial charge in [-0.2, -0.15) is 0 Å². The van der Waals surface area contributed by atoms with E-state index in [4.69, 9.17) is 0 Å². The number of nitrogens with one attached hydrogen (secondary N) is 2. The molecule has 0 bridgehead atoms. The van der Waals surface area contributed by atoms with Gasteiger partial charge in [0.2, 0.25) is 0 Å². The van der Waals surface area contributed by atoms with E-state index in [9.17, 15) is 13.2 Å². The second kappa shape index (κ2) is 7.79. The molecule has 27 heavy (non-hydrogen) atoms. The Bertz CT molecular complexity index is 1010. The van der Waals surface area contributed by atoms with Crippen LogP contribution in [0.4, 0.5) is 4.79 Å². The molecule has 1 atom stereocenters. The summed E-state index contributed by atoms with van der Waals surface area (Å²) < 4.78 is 24.9. The number of imidazole rings is 1. The Morgan fingerprint density at radius 3 is 2.59 bits per heavy atom. The predicted octanol–water partition coefficient (Wildman–Crippen LogP) is 2.34. The molecule has 1 unspecified atom stereocenters. The van der Waals surface area contributed by atoms with E-state index in [1.807, 2.05) is 41.9 Å². The highest BCUT2D eigenvalue weighted by molar-refractivity contribution is 7.90. The molecular weight excluding hydrogens is 364 g/mol. The number of rotatable bonds is 6. The second-order valence-corrected chi connectivity index (χ2v) is 8.43. The number of aromatic nitrogens is 2. The molecule has 142 valence electrons. The second-order valence-electron chi connectivity index (χ2n) is 6.41. The van der Waals surface area contributed by atoms with Gasteiger partial charge in [-0.3, -0.25) is 0 Å². The summed E-state index contributed by atoms with van der Waals surface area (Å²) in [6.45, 7) is 2.31. The third-order valence-electron chi connectivity index (χ3n) is 4.24. The number of hydrogen-bond acceptors (Lipinski definition) is 4. The molecule has 8 heteroatoms. The van der Waals surface area contributed by atoms with Crippen LogP contribution in [0.3, 0.4) is 0 Å². The van der Waals surface area contributed by atoms with E-state index in [2.05, 4.69) is 15.6 Å². The maximum atomic E-state index is 12.1. The van der Waals surface area contributed by atoms with Crippen LogP contribution < -0.4 is 10.6 Å². The van der Waals surface area contributed by atoms with Gasteiger partial charge < -0.3 is 15.0 Å². The summed E-state index contributed by atoms with van der Waals surface area (Å²) in [5.74, 6) is 0. The summed E-state index contributed by atoms with van der Waals surface area (Å²) in [6.07, 6.45) is 5.68. The van der Waals surface area contributed by atoms with Gasteiger partial charge >= 0.3 is 6.03 Å². The fourth-order valence-corrected chi connectivity index (χ4v) is 3.38. The number of carbonyl (C=O) groups is 1. The van der Waals surface area contributed by atoms with Crippen molar-refractivity contribution in [2.24, 2.45) is 0 Å². The molecule has 0 fully saturated rings. The van der Waals surface area contributed by atoms with E-state index >= 15 is 0 Å². The summed E-state index contributed by atoms with van der Waals surface area (Å²) in [4.78, 5) is 16.8. The quantitative estimate of drug-likeness (QED) is 0.680. The van der Waals surface area contributed by atoms with Gasteiger partial charge in [-0.15, -0.1) is 0 Å². The lowest BCUT2D eigenvalue weighted by atomic mass is 10.1. The van der Waals surface area contributed by atoms with E-state index in [0.717, 1.165) is 16.9 Å². The van der Waals surface area contributed by atoms with E-state index < -0.39 is 9.84 Å². The van der Waals surface area contributed by atoms with Crippen LogP contribution in [0.25, 0.3) is 5.65 Å². The van der Waals surface area contributed by atoms with Crippen molar-refractivity contribution in [3.05, 3.63) is 66.1 Å². The molecule has 0 saturated carbocycles. The van der Waals surface area contributed by atoms with Gasteiger partial charge in [0.25, 0.3) is 0 Å². The molecular formula is C19H22N4O3S. The molecule has 2 N–H and O–H groups in total. The van der Waals surface area contributed by atoms with Crippen LogP contribution in [0.15, 0.2) is 59.8 Å². The minimum absolute atomic E-state index is 0.242. The fourth-order valence-electron chi connectivity index (χ4n) is 2.75. The van der Waals surface area contributed by atoms with E-state index in [1.54, 1.807) is 24.3 Å². The molecule has 0 spiro atoms. The first-order chi connectivity index (χ1) is 12.8. The minimum Gasteiger partial charge on any atom is -0.338 e. The standard InChI is InChI=1S/C19H22N4O3S/c1-14(15-6-8-17(9-7-15)27(2,25)26)21-19(24)20-11-10-16-13-23-12-4-3-5-18(23)22-16/h3-9,12-14H,10-11H2,1-2H3,(H2,20,21,24). The van der Waals surface area contributed by atoms with Gasteiger partial charge in [-0.1, -0.05) is 18.2 Å². The Kier molecular flexibility index (Phi) is 5.46. The normalized spacial score (nSPS) is 12.7. The maximum Gasteiger partial charge on any atom is 0.315 e. The number of nitrogens with zero attached hydrogens (tertiary/aromatic N) is 2. The highest BCUT2D eigenvalue weighted by atomic mass is 32.2. The number of fused-ring (bicyclic) bond motifs is 1. The van der Waals surface area contributed by atoms with Crippen LogP contribution in [0, 0.1) is 0 Å². The average molecular weight is 386 g/mol. The molecule has 7 nitrogen and oxygen atoms in total. The zero-order valence-electron chi connectivity index (χ0n) is 15.2. The zero-order valence-corrected chi connectivity index (χ0v) is 16.0. The first-order valence-corrected chi connectivity index (χ1v) is 10.5. The monoisotopic (exact) mass is 386 g/mol. The van der Waals surface area contributed by atoms with Crippen LogP contribution in [-0.2, 0) is 16.3 Å². The molecule has 0 aliphatic carbocycles. The van der Waals surface area contributed by atoms with E-state index in [0.29, 0.717) is 13.0 Å². The van der Waals surface area contributed by atoms with Crippen molar-refractivity contribution in [1.82, 2.24) is 20.0 Å². The van der Waals surface area contributed by atoms with Gasteiger partial charge in [0.15, 0.2) is 9.84 Å². The first kappa shape index (κ1) is 18.9. The number of pyridine rings is 1. The molecule has 2 amide bonds. The van der Waals surface area contributed by atoms with Crippen LogP contribution >= 0.6 is 0 Å². The van der Waals surface area contributed by atoms with E-state index in [-0.39, 0.29) is 17.0 Å². The predicted molar refractivity (Wildman–Crippen MR) is 103 cm³/mol. The van der Waals surface area contributed by atoms with Crippen molar-refractivity contribution in [1.29, 1.82) is 0 Å². The van der Waals surface area contributed by atoms with Crippen LogP contribution in [-0.4, -0.2) is 36.6 Å². The summed E-state index contributed by atoms with van der Waals surface area (Å²) in [5, 5.41) is 5.66. The van der Waals surface area contributed by atoms with Crippen LogP contribution in [0.5, 0.6) is 0 Å². The Balaban J connectivity index is 1.49. The number of amides is 2. The van der Waals surface area contributed by atoms with Crippen molar-refractivity contribution in [2.75, 3.05) is 12.8 Å². The molecule has 1 aromatic carbocycles. The molecule has 0 radical (unpaired) electrons. The summed E-state index contributed by atoms with van der Waals surface area (Å²) in [7, 11) is -3.22. The van der Waals surface area contributed by atoms with Crippen molar-refractivity contribution >= 4 is 21.5 Å². The SMILES string of the molecule is CC(NC(=O)NCCc1cn2ccccc2n1)c1ccc(S(C)(=O)=O)cc1. The van der Waals surface area contributed by atoms with Crippen LogP contribution in [0.1, 0.15) is 24.2 Å². The molecule has 2 aromatic heterocycles. The Hall–Kier alpha value is -2.87. The molecule has 3 rings (SSSR count). The molecule has 0 aliphatic rings. The minimum atomic E-state index is -3.22. The largest absolute Gasteiger partial charge is 0.338 e. The molecule has 0 saturated heterocycles. The van der Waals surface area contributed by atoms with Crippen molar-refractivity contribution in [2.45, 2.75) is 24.3 Å². The van der Waals surface area contributed by atoms with Gasteiger partial charge in [0, 0.05) is 31.6 Å². The van der Waals surface area contributed by atoms with Gasteiger partial charge in [0.05, 0.1) is 16.6 Å². The fraction of sp³-hybridized carbons (Fsp3) is 0.263. The Morgan fingerprint density at radius 1 is 1.19 bits per heavy atom. The number of urea groups is 1. The molecule has 3 aromatic rings. The summed E-state index contributed by atoms with van der Waals surface area (Å²) in [5.41, 5.74) is 2.62. The number of sulfone groups is 1. The highest BCUT2D eigenvalue weighted by Gasteiger charge is 2.12. The first-order valence-electron chi connectivity index (χ1n) is 8.60. The smallest absolute Gasteiger partial charge is 0.315 e. The zero-order chi connectivity index (χ0) is 19.4. The van der Waals surface area contributed by atoms with Crippen molar-refractivity contribution in [3.8, 4) is 0 Å². The third kappa shape index (κ3) is 4.85. The summed E-state index contributed by atoms with van der Waals surface area (Å²) >= 11 is 0. The number of hydrogen-bond donors (Lipinski definition) is 2. The molecule has 0 aliphatic heterocycles. The number of benzene rings is 1. The topological polar surface area (TPSA) is 92.6 Å². The number of carbonyl (C=O) groups excluding carboxylic acids is 1. The lowest BCUT2D eigenvalue weighted by Gasteiger charge is -2.15. The van der Waals surface area contributed by atoms with Crippen molar-refractivity contribution in [3.63, 3.8) is 0 Å². The van der Waals surface area contributed by atoms with Crippen LogP contribution in [0.2, 0.25) is 0 Å². The molecule has 2 heterocycles. The van der Waals surface area contributed by atoms with Gasteiger partial charge in [-0.25, -0.2) is 18.2 Å². The lowest BCUT2D eigenvalue weighted by molar-refractivity contribution is 0.238. The van der Waals surface area contributed by atoms with E-state index in [1.165, 1.54) is 6.26 Å². The van der Waals surface area contributed by atoms with Crippen molar-refractivity contribution < 1.29 is 13.2 Å².